The van der Waals surface area contributed by atoms with Crippen molar-refractivity contribution < 1.29 is 19.1 Å². The van der Waals surface area contributed by atoms with Crippen molar-refractivity contribution in [2.75, 3.05) is 26.7 Å². The zero-order valence-electron chi connectivity index (χ0n) is 14.0. The second-order valence-corrected chi connectivity index (χ2v) is 5.78. The van der Waals surface area contributed by atoms with Crippen molar-refractivity contribution >= 4 is 17.7 Å². The van der Waals surface area contributed by atoms with E-state index in [2.05, 4.69) is 0 Å². The highest BCUT2D eigenvalue weighted by Gasteiger charge is 2.34. The molecule has 24 heavy (non-hydrogen) atoms. The molecule has 0 spiro atoms. The minimum atomic E-state index is -0.771. The normalized spacial score (nSPS) is 17.5. The van der Waals surface area contributed by atoms with Crippen LogP contribution in [0.4, 0.5) is 0 Å². The number of nitrogens with two attached hydrogens (primary N) is 1. The highest BCUT2D eigenvalue weighted by atomic mass is 16.5. The topological polar surface area (TPSA) is 92.9 Å². The van der Waals surface area contributed by atoms with E-state index in [4.69, 9.17) is 10.5 Å². The Morgan fingerprint density at radius 1 is 1.25 bits per heavy atom. The standard InChI is InChI=1S/C17H23N3O4/c1-12(21)19-9-10-20(14(11-19)17(18)23)16(22)8-7-13-5-3-4-6-15(13)24-2/h3-6,14H,7-11H2,1-2H3,(H2,18,23). The number of aryl methyl sites for hydroxylation is 1. The Labute approximate surface area is 141 Å². The van der Waals surface area contributed by atoms with Crippen molar-refractivity contribution in [1.82, 2.24) is 9.80 Å². The molecule has 1 unspecified atom stereocenters. The first-order chi connectivity index (χ1) is 11.4. The minimum Gasteiger partial charge on any atom is -0.496 e. The summed E-state index contributed by atoms with van der Waals surface area (Å²) in [6.45, 7) is 2.33. The largest absolute Gasteiger partial charge is 0.496 e. The highest BCUT2D eigenvalue weighted by molar-refractivity contribution is 5.88. The fraction of sp³-hybridized carbons (Fsp3) is 0.471. The third kappa shape index (κ3) is 4.04. The molecular formula is C17H23N3O4. The Kier molecular flexibility index (Phi) is 5.78. The van der Waals surface area contributed by atoms with Gasteiger partial charge in [0.15, 0.2) is 0 Å². The summed E-state index contributed by atoms with van der Waals surface area (Å²) in [5.41, 5.74) is 6.36. The molecule has 1 aromatic carbocycles. The van der Waals surface area contributed by atoms with Crippen LogP contribution in [0.3, 0.4) is 0 Å². The lowest BCUT2D eigenvalue weighted by molar-refractivity contribution is -0.146. The second kappa shape index (κ2) is 7.81. The van der Waals surface area contributed by atoms with E-state index in [9.17, 15) is 14.4 Å². The lowest BCUT2D eigenvalue weighted by Gasteiger charge is -2.39. The third-order valence-electron chi connectivity index (χ3n) is 4.28. The fourth-order valence-electron chi connectivity index (χ4n) is 2.91. The number of carbonyl (C=O) groups excluding carboxylic acids is 3. The van der Waals surface area contributed by atoms with E-state index in [1.807, 2.05) is 24.3 Å². The number of hydrogen-bond donors (Lipinski definition) is 1. The first kappa shape index (κ1) is 17.8. The Morgan fingerprint density at radius 2 is 1.96 bits per heavy atom. The van der Waals surface area contributed by atoms with Crippen molar-refractivity contribution in [1.29, 1.82) is 0 Å². The number of hydrogen-bond acceptors (Lipinski definition) is 4. The van der Waals surface area contributed by atoms with Crippen LogP contribution in [0.25, 0.3) is 0 Å². The number of rotatable bonds is 5. The van der Waals surface area contributed by atoms with Gasteiger partial charge in [-0.1, -0.05) is 18.2 Å². The molecule has 1 aliphatic heterocycles. The van der Waals surface area contributed by atoms with Gasteiger partial charge in [-0.15, -0.1) is 0 Å². The first-order valence-corrected chi connectivity index (χ1v) is 7.90. The van der Waals surface area contributed by atoms with E-state index in [0.717, 1.165) is 11.3 Å². The van der Waals surface area contributed by atoms with Crippen LogP contribution in [0.15, 0.2) is 24.3 Å². The van der Waals surface area contributed by atoms with Crippen molar-refractivity contribution in [2.24, 2.45) is 5.73 Å². The van der Waals surface area contributed by atoms with Gasteiger partial charge in [-0.05, 0) is 18.1 Å². The van der Waals surface area contributed by atoms with Gasteiger partial charge < -0.3 is 20.3 Å². The molecule has 0 aliphatic carbocycles. The minimum absolute atomic E-state index is 0.123. The number of carbonyl (C=O) groups is 3. The van der Waals surface area contributed by atoms with Gasteiger partial charge in [0.2, 0.25) is 17.7 Å². The zero-order valence-corrected chi connectivity index (χ0v) is 14.0. The Bertz CT molecular complexity index is 632. The molecule has 2 N–H and O–H groups in total. The molecule has 1 aliphatic rings. The number of piperazine rings is 1. The number of benzene rings is 1. The van der Waals surface area contributed by atoms with Gasteiger partial charge in [-0.3, -0.25) is 14.4 Å². The number of nitrogens with zero attached hydrogens (tertiary/aromatic N) is 2. The summed E-state index contributed by atoms with van der Waals surface area (Å²) in [5.74, 6) is -0.125. The van der Waals surface area contributed by atoms with E-state index in [0.29, 0.717) is 19.5 Å². The van der Waals surface area contributed by atoms with Gasteiger partial charge in [0.25, 0.3) is 0 Å². The summed E-state index contributed by atoms with van der Waals surface area (Å²) < 4.78 is 5.28. The van der Waals surface area contributed by atoms with Crippen LogP contribution in [0, 0.1) is 0 Å². The number of primary amides is 1. The van der Waals surface area contributed by atoms with E-state index in [1.165, 1.54) is 11.8 Å². The van der Waals surface area contributed by atoms with Crippen molar-refractivity contribution in [3.8, 4) is 5.75 Å². The van der Waals surface area contributed by atoms with Crippen LogP contribution >= 0.6 is 0 Å². The molecule has 1 saturated heterocycles. The maximum Gasteiger partial charge on any atom is 0.242 e. The molecule has 3 amide bonds. The van der Waals surface area contributed by atoms with Gasteiger partial charge in [0, 0.05) is 26.4 Å². The molecule has 7 nitrogen and oxygen atoms in total. The van der Waals surface area contributed by atoms with Gasteiger partial charge in [0.05, 0.1) is 13.7 Å². The molecule has 1 heterocycles. The predicted octanol–water partition coefficient (Wildman–Crippen LogP) is 0.172. The Morgan fingerprint density at radius 3 is 2.58 bits per heavy atom. The van der Waals surface area contributed by atoms with Gasteiger partial charge >= 0.3 is 0 Å². The zero-order chi connectivity index (χ0) is 17.7. The van der Waals surface area contributed by atoms with E-state index in [-0.39, 0.29) is 24.8 Å². The number of amides is 3. The van der Waals surface area contributed by atoms with E-state index < -0.39 is 11.9 Å². The SMILES string of the molecule is COc1ccccc1CCC(=O)N1CCN(C(C)=O)CC1C(N)=O. The first-order valence-electron chi connectivity index (χ1n) is 7.90. The smallest absolute Gasteiger partial charge is 0.242 e. The lowest BCUT2D eigenvalue weighted by atomic mass is 10.1. The molecule has 0 radical (unpaired) electrons. The van der Waals surface area contributed by atoms with Crippen LogP contribution in [-0.4, -0.2) is 60.3 Å². The van der Waals surface area contributed by atoms with E-state index in [1.54, 1.807) is 12.0 Å². The molecular weight excluding hydrogens is 310 g/mol. The van der Waals surface area contributed by atoms with Crippen LogP contribution in [0.2, 0.25) is 0 Å². The van der Waals surface area contributed by atoms with Gasteiger partial charge in [0.1, 0.15) is 11.8 Å². The highest BCUT2D eigenvalue weighted by Crippen LogP contribution is 2.20. The van der Waals surface area contributed by atoms with Crippen LogP contribution in [0.1, 0.15) is 18.9 Å². The van der Waals surface area contributed by atoms with Crippen LogP contribution in [-0.2, 0) is 20.8 Å². The van der Waals surface area contributed by atoms with Gasteiger partial charge in [-0.25, -0.2) is 0 Å². The van der Waals surface area contributed by atoms with Crippen LogP contribution < -0.4 is 10.5 Å². The summed E-state index contributed by atoms with van der Waals surface area (Å²) in [6, 6.07) is 6.74. The quantitative estimate of drug-likeness (QED) is 0.831. The second-order valence-electron chi connectivity index (χ2n) is 5.78. The summed E-state index contributed by atoms with van der Waals surface area (Å²) in [4.78, 5) is 38.7. The molecule has 0 aromatic heterocycles. The summed E-state index contributed by atoms with van der Waals surface area (Å²) in [5, 5.41) is 0. The number of ether oxygens (including phenoxy) is 1. The van der Waals surface area contributed by atoms with E-state index >= 15 is 0 Å². The molecule has 1 atom stereocenters. The van der Waals surface area contributed by atoms with Crippen molar-refractivity contribution in [3.63, 3.8) is 0 Å². The maximum absolute atomic E-state index is 12.5. The molecule has 0 bridgehead atoms. The molecule has 1 aromatic rings. The van der Waals surface area contributed by atoms with Crippen molar-refractivity contribution in [3.05, 3.63) is 29.8 Å². The maximum atomic E-state index is 12.5. The molecule has 7 heteroatoms. The number of para-hydroxylation sites is 1. The summed E-state index contributed by atoms with van der Waals surface area (Å²) in [7, 11) is 1.59. The average molecular weight is 333 g/mol. The van der Waals surface area contributed by atoms with Gasteiger partial charge in [-0.2, -0.15) is 0 Å². The van der Waals surface area contributed by atoms with Crippen LogP contribution in [0.5, 0.6) is 5.75 Å². The molecule has 0 saturated carbocycles. The fourth-order valence-corrected chi connectivity index (χ4v) is 2.91. The number of methoxy groups -OCH3 is 1. The third-order valence-corrected chi connectivity index (χ3v) is 4.28. The summed E-state index contributed by atoms with van der Waals surface area (Å²) in [6.07, 6.45) is 0.769. The Hall–Kier alpha value is -2.57. The molecule has 2 rings (SSSR count). The molecule has 1 fully saturated rings. The molecule has 130 valence electrons. The monoisotopic (exact) mass is 333 g/mol. The predicted molar refractivity (Wildman–Crippen MR) is 88.3 cm³/mol. The lowest BCUT2D eigenvalue weighted by Crippen LogP contribution is -2.60. The average Bonchev–Trinajstić information content (AvgIpc) is 2.59. The van der Waals surface area contributed by atoms with Crippen molar-refractivity contribution in [2.45, 2.75) is 25.8 Å². The Balaban J connectivity index is 2.02. The summed E-state index contributed by atoms with van der Waals surface area (Å²) >= 11 is 0.